The van der Waals surface area contributed by atoms with Gasteiger partial charge in [-0.1, -0.05) is 0 Å². The zero-order valence-electron chi connectivity index (χ0n) is 18.0. The SMILES string of the molecule is O=C(c1ccc([N+](=O)[O-])c(OCCN2CCOCC2)c1)N1CC[C@H](Nc2ncc(Br)cn2)C1. The molecule has 0 bridgehead atoms. The minimum Gasteiger partial charge on any atom is -0.485 e. The number of hydrogen-bond donors (Lipinski definition) is 1. The molecule has 2 aromatic rings. The molecule has 1 aromatic heterocycles. The van der Waals surface area contributed by atoms with E-state index in [9.17, 15) is 14.9 Å². The number of ether oxygens (including phenoxy) is 2. The van der Waals surface area contributed by atoms with Gasteiger partial charge in [-0.2, -0.15) is 0 Å². The molecule has 33 heavy (non-hydrogen) atoms. The zero-order valence-corrected chi connectivity index (χ0v) is 19.6. The Labute approximate surface area is 199 Å². The molecule has 0 unspecified atom stereocenters. The third kappa shape index (κ3) is 6.15. The van der Waals surface area contributed by atoms with Crippen molar-refractivity contribution in [3.8, 4) is 5.75 Å². The number of nitrogens with one attached hydrogen (secondary N) is 1. The summed E-state index contributed by atoms with van der Waals surface area (Å²) in [4.78, 5) is 36.3. The Bertz CT molecular complexity index is 986. The summed E-state index contributed by atoms with van der Waals surface area (Å²) in [7, 11) is 0. The van der Waals surface area contributed by atoms with Gasteiger partial charge >= 0.3 is 5.69 Å². The molecule has 2 aliphatic rings. The van der Waals surface area contributed by atoms with E-state index in [1.165, 1.54) is 18.2 Å². The molecule has 1 N–H and O–H groups in total. The summed E-state index contributed by atoms with van der Waals surface area (Å²) in [6.45, 7) is 4.93. The molecule has 0 aliphatic carbocycles. The van der Waals surface area contributed by atoms with Crippen molar-refractivity contribution in [2.45, 2.75) is 12.5 Å². The largest absolute Gasteiger partial charge is 0.485 e. The molecular formula is C21H25BrN6O5. The van der Waals surface area contributed by atoms with Crippen molar-refractivity contribution in [1.82, 2.24) is 19.8 Å². The van der Waals surface area contributed by atoms with E-state index >= 15 is 0 Å². The van der Waals surface area contributed by atoms with Crippen LogP contribution < -0.4 is 10.1 Å². The molecule has 2 saturated heterocycles. The maximum atomic E-state index is 13.1. The van der Waals surface area contributed by atoms with Crippen LogP contribution in [0.15, 0.2) is 35.1 Å². The zero-order chi connectivity index (χ0) is 23.2. The fourth-order valence-corrected chi connectivity index (χ4v) is 4.04. The first-order valence-corrected chi connectivity index (χ1v) is 11.5. The van der Waals surface area contributed by atoms with Crippen LogP contribution in [-0.4, -0.2) is 89.2 Å². The quantitative estimate of drug-likeness (QED) is 0.411. The molecule has 3 heterocycles. The summed E-state index contributed by atoms with van der Waals surface area (Å²) in [6.07, 6.45) is 4.07. The molecule has 2 fully saturated rings. The highest BCUT2D eigenvalue weighted by Crippen LogP contribution is 2.29. The van der Waals surface area contributed by atoms with E-state index in [1.54, 1.807) is 17.3 Å². The number of benzene rings is 1. The summed E-state index contributed by atoms with van der Waals surface area (Å²) < 4.78 is 11.9. The van der Waals surface area contributed by atoms with E-state index in [2.05, 4.69) is 36.1 Å². The van der Waals surface area contributed by atoms with Crippen molar-refractivity contribution < 1.29 is 19.2 Å². The molecular weight excluding hydrogens is 496 g/mol. The predicted molar refractivity (Wildman–Crippen MR) is 124 cm³/mol. The Balaban J connectivity index is 1.37. The number of nitro benzene ring substituents is 1. The van der Waals surface area contributed by atoms with Crippen LogP contribution >= 0.6 is 15.9 Å². The number of anilines is 1. The summed E-state index contributed by atoms with van der Waals surface area (Å²) >= 11 is 3.30. The summed E-state index contributed by atoms with van der Waals surface area (Å²) in [5.41, 5.74) is 0.212. The van der Waals surface area contributed by atoms with Crippen molar-refractivity contribution in [2.24, 2.45) is 0 Å². The number of carbonyl (C=O) groups is 1. The van der Waals surface area contributed by atoms with Gasteiger partial charge in [-0.05, 0) is 28.4 Å². The van der Waals surface area contributed by atoms with E-state index < -0.39 is 4.92 Å². The van der Waals surface area contributed by atoms with Gasteiger partial charge < -0.3 is 19.7 Å². The lowest BCUT2D eigenvalue weighted by Gasteiger charge is -2.26. The number of nitro groups is 1. The third-order valence-corrected chi connectivity index (χ3v) is 6.01. The van der Waals surface area contributed by atoms with E-state index in [-0.39, 0.29) is 23.4 Å². The number of morpholine rings is 1. The van der Waals surface area contributed by atoms with Crippen molar-refractivity contribution in [2.75, 3.05) is 57.9 Å². The molecule has 0 radical (unpaired) electrons. The minimum absolute atomic E-state index is 0.0254. The van der Waals surface area contributed by atoms with Crippen molar-refractivity contribution in [1.29, 1.82) is 0 Å². The number of likely N-dealkylation sites (tertiary alicyclic amines) is 1. The van der Waals surface area contributed by atoms with Gasteiger partial charge in [0.2, 0.25) is 5.95 Å². The van der Waals surface area contributed by atoms with Crippen LogP contribution in [0, 0.1) is 10.1 Å². The van der Waals surface area contributed by atoms with E-state index in [1.807, 2.05) is 0 Å². The molecule has 4 rings (SSSR count). The van der Waals surface area contributed by atoms with Crippen molar-refractivity contribution in [3.63, 3.8) is 0 Å². The van der Waals surface area contributed by atoms with Gasteiger partial charge in [0.1, 0.15) is 6.61 Å². The lowest BCUT2D eigenvalue weighted by atomic mass is 10.1. The lowest BCUT2D eigenvalue weighted by molar-refractivity contribution is -0.385. The van der Waals surface area contributed by atoms with E-state index in [4.69, 9.17) is 9.47 Å². The molecule has 176 valence electrons. The number of hydrogen-bond acceptors (Lipinski definition) is 9. The predicted octanol–water partition coefficient (Wildman–Crippen LogP) is 2.18. The average Bonchev–Trinajstić information content (AvgIpc) is 3.29. The van der Waals surface area contributed by atoms with Gasteiger partial charge in [-0.25, -0.2) is 9.97 Å². The van der Waals surface area contributed by atoms with Gasteiger partial charge in [0.05, 0.1) is 22.6 Å². The van der Waals surface area contributed by atoms with E-state index in [0.29, 0.717) is 51.0 Å². The van der Waals surface area contributed by atoms with Crippen LogP contribution in [0.2, 0.25) is 0 Å². The van der Waals surface area contributed by atoms with Gasteiger partial charge in [-0.15, -0.1) is 0 Å². The topological polar surface area (TPSA) is 123 Å². The molecule has 2 aliphatic heterocycles. The fraction of sp³-hybridized carbons (Fsp3) is 0.476. The molecule has 12 heteroatoms. The highest BCUT2D eigenvalue weighted by atomic mass is 79.9. The molecule has 1 amide bonds. The average molecular weight is 521 g/mol. The first-order chi connectivity index (χ1) is 16.0. The first kappa shape index (κ1) is 23.3. The maximum absolute atomic E-state index is 13.1. The Morgan fingerprint density at radius 2 is 2.03 bits per heavy atom. The van der Waals surface area contributed by atoms with Crippen LogP contribution in [0.5, 0.6) is 5.75 Å². The number of halogens is 1. The molecule has 1 atom stereocenters. The Kier molecular flexibility index (Phi) is 7.68. The number of amides is 1. The summed E-state index contributed by atoms with van der Waals surface area (Å²) in [5.74, 6) is 0.420. The fourth-order valence-electron chi connectivity index (χ4n) is 3.84. The van der Waals surface area contributed by atoms with Crippen LogP contribution in [0.3, 0.4) is 0 Å². The smallest absolute Gasteiger partial charge is 0.310 e. The van der Waals surface area contributed by atoms with Crippen LogP contribution in [-0.2, 0) is 4.74 Å². The van der Waals surface area contributed by atoms with E-state index in [0.717, 1.165) is 24.0 Å². The summed E-state index contributed by atoms with van der Waals surface area (Å²) in [6, 6.07) is 4.31. The van der Waals surface area contributed by atoms with Crippen LogP contribution in [0.4, 0.5) is 11.6 Å². The highest BCUT2D eigenvalue weighted by molar-refractivity contribution is 9.10. The molecule has 1 aromatic carbocycles. The van der Waals surface area contributed by atoms with Crippen molar-refractivity contribution in [3.05, 3.63) is 50.7 Å². The number of aromatic nitrogens is 2. The number of rotatable bonds is 8. The standard InChI is InChI=1S/C21H25BrN6O5/c22-16-12-23-21(24-13-16)25-17-3-4-27(14-17)20(29)15-1-2-18(28(30)31)19(11-15)33-10-7-26-5-8-32-9-6-26/h1-2,11-13,17H,3-10,14H2,(H,23,24,25)/t17-/m0/s1. The van der Waals surface area contributed by atoms with Gasteiger partial charge in [-0.3, -0.25) is 19.8 Å². The van der Waals surface area contributed by atoms with Crippen LogP contribution in [0.25, 0.3) is 0 Å². The Morgan fingerprint density at radius 1 is 1.27 bits per heavy atom. The second-order valence-corrected chi connectivity index (χ2v) is 8.76. The molecule has 0 saturated carbocycles. The normalized spacial score (nSPS) is 18.8. The summed E-state index contributed by atoms with van der Waals surface area (Å²) in [5, 5.41) is 14.7. The number of nitrogens with zero attached hydrogens (tertiary/aromatic N) is 5. The first-order valence-electron chi connectivity index (χ1n) is 10.7. The number of carbonyl (C=O) groups excluding carboxylic acids is 1. The van der Waals surface area contributed by atoms with Gasteiger partial charge in [0.15, 0.2) is 5.75 Å². The monoisotopic (exact) mass is 520 g/mol. The Morgan fingerprint density at radius 3 is 2.76 bits per heavy atom. The van der Waals surface area contributed by atoms with Crippen molar-refractivity contribution >= 4 is 33.5 Å². The van der Waals surface area contributed by atoms with Gasteiger partial charge in [0.25, 0.3) is 5.91 Å². The lowest BCUT2D eigenvalue weighted by Crippen LogP contribution is -2.38. The maximum Gasteiger partial charge on any atom is 0.310 e. The second kappa shape index (κ2) is 10.9. The molecule has 11 nitrogen and oxygen atoms in total. The minimum atomic E-state index is -0.494. The van der Waals surface area contributed by atoms with Gasteiger partial charge in [0, 0.05) is 68.9 Å². The highest BCUT2D eigenvalue weighted by Gasteiger charge is 2.29. The molecule has 0 spiro atoms. The third-order valence-electron chi connectivity index (χ3n) is 5.60. The Hall–Kier alpha value is -2.83. The van der Waals surface area contributed by atoms with Crippen LogP contribution in [0.1, 0.15) is 16.8 Å². The second-order valence-electron chi connectivity index (χ2n) is 7.85.